The highest BCUT2D eigenvalue weighted by atomic mass is 32.1. The zero-order valence-electron chi connectivity index (χ0n) is 15.5. The third-order valence-electron chi connectivity index (χ3n) is 4.50. The van der Waals surface area contributed by atoms with E-state index < -0.39 is 0 Å². The minimum atomic E-state index is 0.607. The van der Waals surface area contributed by atoms with Gasteiger partial charge in [0.15, 0.2) is 6.67 Å². The lowest BCUT2D eigenvalue weighted by Gasteiger charge is -2.11. The van der Waals surface area contributed by atoms with E-state index >= 15 is 0 Å². The summed E-state index contributed by atoms with van der Waals surface area (Å²) in [7, 11) is 2.12. The molecule has 0 fully saturated rings. The van der Waals surface area contributed by atoms with Gasteiger partial charge in [-0.25, -0.2) is 4.98 Å². The van der Waals surface area contributed by atoms with Gasteiger partial charge in [-0.1, -0.05) is 30.3 Å². The summed E-state index contributed by atoms with van der Waals surface area (Å²) in [5.74, 6) is 0. The van der Waals surface area contributed by atoms with Gasteiger partial charge in [0, 0.05) is 0 Å². The maximum absolute atomic E-state index is 5.64. The van der Waals surface area contributed by atoms with Gasteiger partial charge < -0.3 is 4.90 Å². The van der Waals surface area contributed by atoms with Crippen molar-refractivity contribution in [3.8, 4) is 5.69 Å². The number of nitrogens with one attached hydrogen (secondary N) is 1. The highest BCUT2D eigenvalue weighted by Gasteiger charge is 2.14. The van der Waals surface area contributed by atoms with Crippen molar-refractivity contribution < 1.29 is 4.90 Å². The van der Waals surface area contributed by atoms with Crippen molar-refractivity contribution in [3.63, 3.8) is 0 Å². The Labute approximate surface area is 166 Å². The first-order valence-corrected chi connectivity index (χ1v) is 10.0. The first-order valence-electron chi connectivity index (χ1n) is 8.78. The number of quaternary nitrogens is 1. The van der Waals surface area contributed by atoms with Crippen molar-refractivity contribution >= 4 is 33.8 Å². The van der Waals surface area contributed by atoms with Crippen molar-refractivity contribution in [2.24, 2.45) is 0 Å². The average Bonchev–Trinajstić information content (AvgIpc) is 3.19. The Bertz CT molecular complexity index is 1100. The summed E-state index contributed by atoms with van der Waals surface area (Å²) >= 11 is 7.37. The van der Waals surface area contributed by atoms with Gasteiger partial charge in [0.2, 0.25) is 4.77 Å². The number of benzene rings is 2. The fraction of sp³-hybridized carbons (Fsp3) is 0.263. The maximum atomic E-state index is 5.64. The zero-order chi connectivity index (χ0) is 19.0. The molecule has 138 valence electrons. The van der Waals surface area contributed by atoms with Crippen LogP contribution >= 0.6 is 23.6 Å². The molecular weight excluding hydrogens is 376 g/mol. The molecule has 2 aromatic heterocycles. The van der Waals surface area contributed by atoms with Crippen molar-refractivity contribution in [2.75, 3.05) is 7.05 Å². The number of tetrazole rings is 1. The molecule has 0 saturated carbocycles. The maximum Gasteiger partial charge on any atom is 0.225 e. The molecule has 4 rings (SSSR count). The van der Waals surface area contributed by atoms with Crippen LogP contribution in [0.1, 0.15) is 16.1 Å². The molecule has 1 atom stereocenters. The van der Waals surface area contributed by atoms with Gasteiger partial charge in [-0.15, -0.1) is 11.3 Å². The average molecular weight is 398 g/mol. The second-order valence-corrected chi connectivity index (χ2v) is 8.26. The largest absolute Gasteiger partial charge is 0.313 e. The van der Waals surface area contributed by atoms with E-state index in [1.165, 1.54) is 9.60 Å². The molecule has 6 nitrogen and oxygen atoms in total. The summed E-state index contributed by atoms with van der Waals surface area (Å²) < 4.78 is 5.36. The molecular formula is C19H21N6S2+. The zero-order valence-corrected chi connectivity index (χ0v) is 17.1. The van der Waals surface area contributed by atoms with Crippen LogP contribution in [0.3, 0.4) is 0 Å². The molecule has 0 aliphatic carbocycles. The summed E-state index contributed by atoms with van der Waals surface area (Å²) in [5, 5.41) is 9.70. The Morgan fingerprint density at radius 3 is 2.52 bits per heavy atom. The smallest absolute Gasteiger partial charge is 0.225 e. The second-order valence-electron chi connectivity index (χ2n) is 6.78. The summed E-state index contributed by atoms with van der Waals surface area (Å²) in [5.41, 5.74) is 4.34. The van der Waals surface area contributed by atoms with E-state index in [-0.39, 0.29) is 0 Å². The highest BCUT2D eigenvalue weighted by Crippen LogP contribution is 2.21. The van der Waals surface area contributed by atoms with Crippen LogP contribution in [0.25, 0.3) is 15.9 Å². The number of para-hydroxylation sites is 2. The molecule has 8 heteroatoms. The Balaban J connectivity index is 1.54. The molecule has 27 heavy (non-hydrogen) atoms. The van der Waals surface area contributed by atoms with Crippen LogP contribution in [0.2, 0.25) is 0 Å². The molecule has 0 saturated heterocycles. The number of aromatic nitrogens is 5. The number of nitrogens with zero attached hydrogens (tertiary/aromatic N) is 5. The lowest BCUT2D eigenvalue weighted by atomic mass is 10.1. The van der Waals surface area contributed by atoms with Crippen LogP contribution in [0, 0.1) is 18.6 Å². The Kier molecular flexibility index (Phi) is 4.86. The first kappa shape index (κ1) is 18.0. The topological polar surface area (TPSA) is 53.0 Å². The fourth-order valence-corrected chi connectivity index (χ4v) is 4.53. The predicted octanol–water partition coefficient (Wildman–Crippen LogP) is 2.70. The molecule has 4 aromatic rings. The summed E-state index contributed by atoms with van der Waals surface area (Å²) in [6, 6.07) is 14.4. The van der Waals surface area contributed by atoms with Crippen molar-refractivity contribution in [1.82, 2.24) is 24.8 Å². The lowest BCUT2D eigenvalue weighted by Crippen LogP contribution is -3.07. The normalized spacial score (nSPS) is 12.6. The SMILES string of the molecule is Cc1cccc(C)c1-n1nnn(C[NH+](C)Cc2nc3ccccc3s2)c1=S. The quantitative estimate of drug-likeness (QED) is 0.526. The minimum Gasteiger partial charge on any atom is -0.313 e. The standard InChI is InChI=1S/C19H20N6S2/c1-13-7-6-8-14(2)18(13)25-19(26)24(21-22-25)12-23(3)11-17-20-15-9-4-5-10-16(15)27-17/h4-10H,11-12H2,1-3H3/p+1. The second kappa shape index (κ2) is 7.30. The third kappa shape index (κ3) is 3.55. The molecule has 1 unspecified atom stereocenters. The van der Waals surface area contributed by atoms with E-state index in [4.69, 9.17) is 17.2 Å². The van der Waals surface area contributed by atoms with Crippen molar-refractivity contribution in [3.05, 3.63) is 63.4 Å². The molecule has 0 aliphatic rings. The molecule has 2 aromatic carbocycles. The minimum absolute atomic E-state index is 0.607. The third-order valence-corrected chi connectivity index (χ3v) is 5.92. The molecule has 0 radical (unpaired) electrons. The van der Waals surface area contributed by atoms with E-state index in [1.807, 2.05) is 18.2 Å². The van der Waals surface area contributed by atoms with Crippen LogP contribution in [-0.2, 0) is 13.2 Å². The van der Waals surface area contributed by atoms with Crippen LogP contribution in [-0.4, -0.2) is 31.8 Å². The van der Waals surface area contributed by atoms with E-state index in [0.717, 1.165) is 33.9 Å². The Hall–Kier alpha value is -2.42. The summed E-state index contributed by atoms with van der Waals surface area (Å²) in [4.78, 5) is 5.96. The van der Waals surface area contributed by atoms with Gasteiger partial charge in [-0.05, 0) is 59.8 Å². The molecule has 0 bridgehead atoms. The molecule has 0 amide bonds. The van der Waals surface area contributed by atoms with Gasteiger partial charge in [0.05, 0.1) is 23.0 Å². The lowest BCUT2D eigenvalue weighted by molar-refractivity contribution is -0.917. The van der Waals surface area contributed by atoms with Crippen molar-refractivity contribution in [2.45, 2.75) is 27.1 Å². The van der Waals surface area contributed by atoms with E-state index in [2.05, 4.69) is 55.6 Å². The molecule has 0 spiro atoms. The number of hydrogen-bond acceptors (Lipinski definition) is 5. The number of aryl methyl sites for hydroxylation is 2. The molecule has 0 aliphatic heterocycles. The Morgan fingerprint density at radius 2 is 1.78 bits per heavy atom. The van der Waals surface area contributed by atoms with E-state index in [0.29, 0.717) is 11.4 Å². The van der Waals surface area contributed by atoms with E-state index in [1.54, 1.807) is 20.7 Å². The molecule has 2 heterocycles. The summed E-state index contributed by atoms with van der Waals surface area (Å²) in [6.45, 7) is 5.58. The van der Waals surface area contributed by atoms with Crippen LogP contribution in [0.5, 0.6) is 0 Å². The van der Waals surface area contributed by atoms with E-state index in [9.17, 15) is 0 Å². The monoisotopic (exact) mass is 397 g/mol. The van der Waals surface area contributed by atoms with Crippen LogP contribution < -0.4 is 4.90 Å². The Morgan fingerprint density at radius 1 is 1.04 bits per heavy atom. The van der Waals surface area contributed by atoms with Gasteiger partial charge >= 0.3 is 0 Å². The number of thiazole rings is 1. The van der Waals surface area contributed by atoms with Gasteiger partial charge in [0.1, 0.15) is 11.6 Å². The first-order chi connectivity index (χ1) is 13.0. The fourth-order valence-electron chi connectivity index (χ4n) is 3.22. The number of fused-ring (bicyclic) bond motifs is 1. The highest BCUT2D eigenvalue weighted by molar-refractivity contribution is 7.71. The van der Waals surface area contributed by atoms with Crippen molar-refractivity contribution in [1.29, 1.82) is 0 Å². The van der Waals surface area contributed by atoms with Gasteiger partial charge in [-0.3, -0.25) is 0 Å². The van der Waals surface area contributed by atoms with Gasteiger partial charge in [-0.2, -0.15) is 9.36 Å². The number of rotatable bonds is 5. The summed E-state index contributed by atoms with van der Waals surface area (Å²) in [6.07, 6.45) is 0. The molecule has 1 N–H and O–H groups in total. The predicted molar refractivity (Wildman–Crippen MR) is 110 cm³/mol. The van der Waals surface area contributed by atoms with Crippen LogP contribution in [0.15, 0.2) is 42.5 Å². The van der Waals surface area contributed by atoms with Gasteiger partial charge in [0.25, 0.3) is 0 Å². The van der Waals surface area contributed by atoms with Crippen LogP contribution in [0.4, 0.5) is 0 Å². The number of hydrogen-bond donors (Lipinski definition) is 1.